The molecule has 1 aromatic heterocycles. The van der Waals surface area contributed by atoms with Crippen molar-refractivity contribution in [1.29, 1.82) is 5.26 Å². The number of carbonyl (C=O) groups excluding carboxylic acids is 1. The van der Waals surface area contributed by atoms with Gasteiger partial charge in [-0.3, -0.25) is 14.4 Å². The fraction of sp³-hybridized carbons (Fsp3) is 0.412. The van der Waals surface area contributed by atoms with Crippen LogP contribution in [0, 0.1) is 36.9 Å². The Morgan fingerprint density at radius 3 is 2.35 bits per heavy atom. The lowest BCUT2D eigenvalue weighted by atomic mass is 9.90. The Balaban J connectivity index is 2.16. The van der Waals surface area contributed by atoms with Gasteiger partial charge in [-0.05, 0) is 87.2 Å². The molecule has 0 saturated heterocycles. The lowest BCUT2D eigenvalue weighted by Gasteiger charge is -2.27. The number of rotatable bonds is 12. The highest BCUT2D eigenvalue weighted by Gasteiger charge is 2.36. The summed E-state index contributed by atoms with van der Waals surface area (Å²) in [6, 6.07) is 7.84. The molecule has 0 saturated carbocycles. The molecule has 2 unspecified atom stereocenters. The molecule has 8 nitrogen and oxygen atoms in total. The number of likely N-dealkylation sites (N-methyl/N-ethyl adjacent to an activating group) is 1. The van der Waals surface area contributed by atoms with Crippen LogP contribution in [0.4, 0.5) is 17.6 Å². The van der Waals surface area contributed by atoms with Gasteiger partial charge in [-0.2, -0.15) is 18.4 Å². The summed E-state index contributed by atoms with van der Waals surface area (Å²) < 4.78 is 58.3. The number of pyridine rings is 1. The van der Waals surface area contributed by atoms with Gasteiger partial charge >= 0.3 is 12.1 Å². The van der Waals surface area contributed by atoms with Crippen molar-refractivity contribution in [3.05, 3.63) is 92.1 Å². The minimum Gasteiger partial charge on any atom is -0.481 e. The van der Waals surface area contributed by atoms with E-state index in [1.54, 1.807) is 58.0 Å². The molecule has 0 bridgehead atoms. The highest BCUT2D eigenvalue weighted by molar-refractivity contribution is 5.82. The molecule has 2 N–H and O–H groups in total. The van der Waals surface area contributed by atoms with Crippen LogP contribution in [-0.4, -0.2) is 47.1 Å². The molecular weight excluding hydrogens is 604 g/mol. The van der Waals surface area contributed by atoms with Gasteiger partial charge in [-0.15, -0.1) is 0 Å². The third-order valence-corrected chi connectivity index (χ3v) is 7.67. The molecule has 1 heterocycles. The summed E-state index contributed by atoms with van der Waals surface area (Å²) in [5.74, 6) is -3.17. The van der Waals surface area contributed by atoms with Gasteiger partial charge in [-0.1, -0.05) is 26.0 Å². The maximum Gasteiger partial charge on any atom is 0.416 e. The highest BCUT2D eigenvalue weighted by atomic mass is 19.4. The molecule has 0 radical (unpaired) electrons. The van der Waals surface area contributed by atoms with E-state index < -0.39 is 53.5 Å². The maximum absolute atomic E-state index is 15.7. The normalized spacial score (nSPS) is 13.0. The topological polar surface area (TPSA) is 115 Å². The fourth-order valence-electron chi connectivity index (χ4n) is 5.46. The fourth-order valence-corrected chi connectivity index (χ4v) is 5.46. The van der Waals surface area contributed by atoms with E-state index in [-0.39, 0.29) is 42.0 Å². The molecule has 2 atom stereocenters. The minimum absolute atomic E-state index is 0.0281. The van der Waals surface area contributed by atoms with Crippen LogP contribution in [0.2, 0.25) is 0 Å². The molecule has 0 aliphatic rings. The Hall–Kier alpha value is -4.50. The number of nitrogens with one attached hydrogen (secondary N) is 1. The Labute approximate surface area is 265 Å². The van der Waals surface area contributed by atoms with Gasteiger partial charge in [0.2, 0.25) is 5.91 Å². The van der Waals surface area contributed by atoms with E-state index in [1.807, 2.05) is 0 Å². The predicted octanol–water partition coefficient (Wildman–Crippen LogP) is 6.19. The van der Waals surface area contributed by atoms with Crippen molar-refractivity contribution < 1.29 is 32.3 Å². The van der Waals surface area contributed by atoms with E-state index >= 15 is 4.39 Å². The first-order valence-corrected chi connectivity index (χ1v) is 14.7. The van der Waals surface area contributed by atoms with Crippen molar-refractivity contribution >= 4 is 11.9 Å². The molecular formula is C34H38F4N4O4. The van der Waals surface area contributed by atoms with E-state index in [0.29, 0.717) is 22.8 Å². The van der Waals surface area contributed by atoms with Gasteiger partial charge in [0.15, 0.2) is 0 Å². The van der Waals surface area contributed by atoms with Crippen LogP contribution in [0.25, 0.3) is 11.1 Å². The lowest BCUT2D eigenvalue weighted by Crippen LogP contribution is -2.41. The van der Waals surface area contributed by atoms with Crippen molar-refractivity contribution in [2.24, 2.45) is 5.92 Å². The minimum atomic E-state index is -4.80. The summed E-state index contributed by atoms with van der Waals surface area (Å²) in [7, 11) is 3.38. The Bertz CT molecular complexity index is 1710. The number of aliphatic carboxylic acids is 1. The second-order valence-electron chi connectivity index (χ2n) is 12.1. The number of aromatic nitrogens is 1. The standard InChI is InChI=1S/C34H38F4N4O4/c1-19(2)12-28(42-18-23(10-11-41(5)6)26(15-29(42)43)34(36,37)38)33(46)40-27(16-30(44)45)25-14-24(13-21(4)32(25)35)31-20(3)8-7-9-22(31)17-39/h7-9,13-15,18-19,27-28H,10-12,16H2,1-6H3,(H,40,46)(H,44,45). The molecule has 1 amide bonds. The summed E-state index contributed by atoms with van der Waals surface area (Å²) in [4.78, 5) is 40.7. The first-order chi connectivity index (χ1) is 21.4. The van der Waals surface area contributed by atoms with Crippen LogP contribution in [0.5, 0.6) is 0 Å². The second-order valence-corrected chi connectivity index (χ2v) is 12.1. The van der Waals surface area contributed by atoms with E-state index in [1.165, 1.54) is 19.1 Å². The first-order valence-electron chi connectivity index (χ1n) is 14.7. The molecule has 3 aromatic rings. The zero-order chi connectivity index (χ0) is 34.5. The van der Waals surface area contributed by atoms with Crippen molar-refractivity contribution in [3.8, 4) is 17.2 Å². The number of halogens is 4. The van der Waals surface area contributed by atoms with Crippen LogP contribution in [0.1, 0.15) is 72.2 Å². The third-order valence-electron chi connectivity index (χ3n) is 7.67. The monoisotopic (exact) mass is 642 g/mol. The van der Waals surface area contributed by atoms with Crippen LogP contribution < -0.4 is 10.9 Å². The van der Waals surface area contributed by atoms with Gasteiger partial charge in [0, 0.05) is 29.9 Å². The molecule has 246 valence electrons. The molecule has 12 heteroatoms. The number of carbonyl (C=O) groups is 2. The smallest absolute Gasteiger partial charge is 0.416 e. The van der Waals surface area contributed by atoms with Crippen molar-refractivity contribution in [3.63, 3.8) is 0 Å². The Morgan fingerprint density at radius 1 is 1.11 bits per heavy atom. The first kappa shape index (κ1) is 36.0. The van der Waals surface area contributed by atoms with Crippen LogP contribution in [0.3, 0.4) is 0 Å². The molecule has 0 fully saturated rings. The zero-order valence-electron chi connectivity index (χ0n) is 26.6. The molecule has 2 aromatic carbocycles. The molecule has 0 aliphatic heterocycles. The second kappa shape index (κ2) is 14.7. The molecule has 0 spiro atoms. The van der Waals surface area contributed by atoms with Gasteiger partial charge in [0.05, 0.1) is 29.7 Å². The Morgan fingerprint density at radius 2 is 1.78 bits per heavy atom. The average molecular weight is 643 g/mol. The number of carboxylic acid groups (broad SMARTS) is 1. The number of hydrogen-bond donors (Lipinski definition) is 2. The number of nitriles is 1. The number of nitrogens with zero attached hydrogens (tertiary/aromatic N) is 3. The zero-order valence-corrected chi connectivity index (χ0v) is 26.6. The molecule has 0 aliphatic carbocycles. The summed E-state index contributed by atoms with van der Waals surface area (Å²) in [5.41, 5.74) is -0.316. The average Bonchev–Trinajstić information content (AvgIpc) is 2.95. The maximum atomic E-state index is 15.7. The van der Waals surface area contributed by atoms with Crippen molar-refractivity contribution in [2.45, 2.75) is 65.2 Å². The van der Waals surface area contributed by atoms with Crippen LogP contribution in [0.15, 0.2) is 47.4 Å². The number of alkyl halides is 3. The summed E-state index contributed by atoms with van der Waals surface area (Å²) in [5, 5.41) is 22.0. The summed E-state index contributed by atoms with van der Waals surface area (Å²) >= 11 is 0. The van der Waals surface area contributed by atoms with Gasteiger partial charge < -0.3 is 19.9 Å². The van der Waals surface area contributed by atoms with Crippen molar-refractivity contribution in [2.75, 3.05) is 20.6 Å². The third kappa shape index (κ3) is 8.60. The molecule has 46 heavy (non-hydrogen) atoms. The summed E-state index contributed by atoms with van der Waals surface area (Å²) in [6.45, 7) is 7.02. The number of benzene rings is 2. The van der Waals surface area contributed by atoms with E-state index in [9.17, 15) is 37.9 Å². The lowest BCUT2D eigenvalue weighted by molar-refractivity contribution is -0.139. The number of carboxylic acids is 1. The number of amides is 1. The quantitative estimate of drug-likeness (QED) is 0.228. The SMILES string of the molecule is Cc1cc(-c2c(C)cccc2C#N)cc(C(CC(=O)O)NC(=O)C(CC(C)C)n2cc(CCN(C)C)c(C(F)(F)F)cc2=O)c1F. The van der Waals surface area contributed by atoms with Gasteiger partial charge in [0.25, 0.3) is 5.56 Å². The van der Waals surface area contributed by atoms with Gasteiger partial charge in [-0.25, -0.2) is 4.39 Å². The van der Waals surface area contributed by atoms with Crippen molar-refractivity contribution in [1.82, 2.24) is 14.8 Å². The highest BCUT2D eigenvalue weighted by Crippen LogP contribution is 2.35. The Kier molecular flexibility index (Phi) is 11.5. The van der Waals surface area contributed by atoms with E-state index in [0.717, 1.165) is 16.3 Å². The number of hydrogen-bond acceptors (Lipinski definition) is 5. The van der Waals surface area contributed by atoms with Crippen LogP contribution in [-0.2, 0) is 22.2 Å². The predicted molar refractivity (Wildman–Crippen MR) is 166 cm³/mol. The van der Waals surface area contributed by atoms with E-state index in [2.05, 4.69) is 11.4 Å². The van der Waals surface area contributed by atoms with E-state index in [4.69, 9.17) is 0 Å². The van der Waals surface area contributed by atoms with Crippen LogP contribution >= 0.6 is 0 Å². The summed E-state index contributed by atoms with van der Waals surface area (Å²) in [6.07, 6.45) is -4.51. The van der Waals surface area contributed by atoms with Gasteiger partial charge in [0.1, 0.15) is 11.9 Å². The number of aryl methyl sites for hydroxylation is 2. The molecule has 3 rings (SSSR count). The largest absolute Gasteiger partial charge is 0.481 e.